The van der Waals surface area contributed by atoms with E-state index in [0.717, 1.165) is 31.4 Å². The molecular weight excluding hydrogens is 297 g/mol. The molecule has 1 amide bonds. The molecule has 1 aliphatic heterocycles. The number of amides is 1. The predicted octanol–water partition coefficient (Wildman–Crippen LogP) is 1.91. The van der Waals surface area contributed by atoms with Crippen molar-refractivity contribution in [2.24, 2.45) is 5.92 Å². The van der Waals surface area contributed by atoms with Crippen molar-refractivity contribution >= 4 is 5.91 Å². The Morgan fingerprint density at radius 2 is 2.04 bits per heavy atom. The van der Waals surface area contributed by atoms with E-state index in [1.54, 1.807) is 12.1 Å². The van der Waals surface area contributed by atoms with Gasteiger partial charge in [-0.25, -0.2) is 9.82 Å². The largest absolute Gasteiger partial charge is 0.381 e. The van der Waals surface area contributed by atoms with Crippen LogP contribution in [0.2, 0.25) is 0 Å². The quantitative estimate of drug-likeness (QED) is 0.608. The van der Waals surface area contributed by atoms with E-state index in [4.69, 9.17) is 4.74 Å². The SMILES string of the molecule is CCCCOCCCNC(=O)C1CNNC1c1ccc(F)cc1. The minimum Gasteiger partial charge on any atom is -0.381 e. The Morgan fingerprint density at radius 3 is 2.78 bits per heavy atom. The van der Waals surface area contributed by atoms with Gasteiger partial charge in [0.05, 0.1) is 12.0 Å². The molecule has 0 aliphatic carbocycles. The minimum absolute atomic E-state index is 0.00498. The normalized spacial score (nSPS) is 20.6. The summed E-state index contributed by atoms with van der Waals surface area (Å²) >= 11 is 0. The van der Waals surface area contributed by atoms with Gasteiger partial charge < -0.3 is 10.1 Å². The van der Waals surface area contributed by atoms with Gasteiger partial charge in [0, 0.05) is 26.3 Å². The summed E-state index contributed by atoms with van der Waals surface area (Å²) < 4.78 is 18.5. The average molecular weight is 323 g/mol. The van der Waals surface area contributed by atoms with Crippen LogP contribution in [0.3, 0.4) is 0 Å². The maximum absolute atomic E-state index is 13.0. The first kappa shape index (κ1) is 17.8. The molecule has 6 heteroatoms. The second kappa shape index (κ2) is 9.60. The Balaban J connectivity index is 1.74. The van der Waals surface area contributed by atoms with E-state index in [0.29, 0.717) is 19.7 Å². The average Bonchev–Trinajstić information content (AvgIpc) is 3.04. The van der Waals surface area contributed by atoms with Crippen molar-refractivity contribution in [1.82, 2.24) is 16.2 Å². The van der Waals surface area contributed by atoms with Gasteiger partial charge in [0.1, 0.15) is 5.82 Å². The molecule has 2 unspecified atom stereocenters. The van der Waals surface area contributed by atoms with E-state index < -0.39 is 0 Å². The van der Waals surface area contributed by atoms with Gasteiger partial charge in [-0.3, -0.25) is 10.2 Å². The van der Waals surface area contributed by atoms with Crippen LogP contribution < -0.4 is 16.2 Å². The zero-order valence-electron chi connectivity index (χ0n) is 13.6. The number of carbonyl (C=O) groups is 1. The van der Waals surface area contributed by atoms with Gasteiger partial charge in [0.15, 0.2) is 0 Å². The first-order valence-corrected chi connectivity index (χ1v) is 8.31. The van der Waals surface area contributed by atoms with Crippen molar-refractivity contribution in [3.05, 3.63) is 35.6 Å². The Hall–Kier alpha value is -1.50. The molecule has 1 fully saturated rings. The lowest BCUT2D eigenvalue weighted by Crippen LogP contribution is -2.35. The predicted molar refractivity (Wildman–Crippen MR) is 87.1 cm³/mol. The fourth-order valence-corrected chi connectivity index (χ4v) is 2.59. The number of unbranched alkanes of at least 4 members (excludes halogenated alkanes) is 1. The number of hydrazine groups is 1. The van der Waals surface area contributed by atoms with E-state index in [1.165, 1.54) is 12.1 Å². The van der Waals surface area contributed by atoms with Crippen LogP contribution in [0.4, 0.5) is 4.39 Å². The molecule has 23 heavy (non-hydrogen) atoms. The topological polar surface area (TPSA) is 62.4 Å². The van der Waals surface area contributed by atoms with Crippen LogP contribution in [0.25, 0.3) is 0 Å². The van der Waals surface area contributed by atoms with Crippen LogP contribution >= 0.6 is 0 Å². The number of hydrogen-bond acceptors (Lipinski definition) is 4. The molecular formula is C17H26FN3O2. The highest BCUT2D eigenvalue weighted by Gasteiger charge is 2.33. The highest BCUT2D eigenvalue weighted by atomic mass is 19.1. The highest BCUT2D eigenvalue weighted by molar-refractivity contribution is 5.80. The number of nitrogens with one attached hydrogen (secondary N) is 3. The van der Waals surface area contributed by atoms with Crippen molar-refractivity contribution in [2.75, 3.05) is 26.3 Å². The van der Waals surface area contributed by atoms with Crippen molar-refractivity contribution < 1.29 is 13.9 Å². The molecule has 2 atom stereocenters. The minimum atomic E-state index is -0.274. The molecule has 5 nitrogen and oxygen atoms in total. The van der Waals surface area contributed by atoms with Crippen LogP contribution in [0.1, 0.15) is 37.8 Å². The molecule has 128 valence electrons. The number of hydrogen-bond donors (Lipinski definition) is 3. The standard InChI is InChI=1S/C17H26FN3O2/c1-2-3-10-23-11-4-9-19-17(22)15-12-20-21-16(15)13-5-7-14(18)8-6-13/h5-8,15-16,20-21H,2-4,9-12H2,1H3,(H,19,22). The highest BCUT2D eigenvalue weighted by Crippen LogP contribution is 2.25. The van der Waals surface area contributed by atoms with E-state index in [2.05, 4.69) is 23.1 Å². The summed E-state index contributed by atoms with van der Waals surface area (Å²) in [6, 6.07) is 6.11. The van der Waals surface area contributed by atoms with Gasteiger partial charge in [-0.2, -0.15) is 0 Å². The molecule has 1 saturated heterocycles. The van der Waals surface area contributed by atoms with Crippen molar-refractivity contribution in [1.29, 1.82) is 0 Å². The summed E-state index contributed by atoms with van der Waals surface area (Å²) in [7, 11) is 0. The van der Waals surface area contributed by atoms with E-state index in [9.17, 15) is 9.18 Å². The second-order valence-corrected chi connectivity index (χ2v) is 5.77. The summed E-state index contributed by atoms with van der Waals surface area (Å²) in [5, 5.41) is 2.95. The number of benzene rings is 1. The van der Waals surface area contributed by atoms with Crippen LogP contribution in [-0.2, 0) is 9.53 Å². The van der Waals surface area contributed by atoms with Gasteiger partial charge >= 0.3 is 0 Å². The maximum atomic E-state index is 13.0. The monoisotopic (exact) mass is 323 g/mol. The van der Waals surface area contributed by atoms with Crippen molar-refractivity contribution in [3.63, 3.8) is 0 Å². The number of carbonyl (C=O) groups excluding carboxylic acids is 1. The lowest BCUT2D eigenvalue weighted by molar-refractivity contribution is -0.124. The summed E-state index contributed by atoms with van der Waals surface area (Å²) in [4.78, 5) is 12.3. The zero-order chi connectivity index (χ0) is 16.5. The molecule has 0 bridgehead atoms. The number of ether oxygens (including phenoxy) is 1. The molecule has 3 N–H and O–H groups in total. The van der Waals surface area contributed by atoms with Crippen LogP contribution in [0, 0.1) is 11.7 Å². The number of rotatable bonds is 9. The zero-order valence-corrected chi connectivity index (χ0v) is 13.6. The van der Waals surface area contributed by atoms with Crippen molar-refractivity contribution in [2.45, 2.75) is 32.2 Å². The number of halogens is 1. The summed E-state index contributed by atoms with van der Waals surface area (Å²) in [6.45, 7) is 4.75. The fourth-order valence-electron chi connectivity index (χ4n) is 2.59. The fraction of sp³-hybridized carbons (Fsp3) is 0.588. The van der Waals surface area contributed by atoms with Gasteiger partial charge in [-0.15, -0.1) is 0 Å². The van der Waals surface area contributed by atoms with Gasteiger partial charge in [-0.05, 0) is 30.5 Å². The van der Waals surface area contributed by atoms with E-state index >= 15 is 0 Å². The molecule has 0 saturated carbocycles. The molecule has 1 aliphatic rings. The lowest BCUT2D eigenvalue weighted by atomic mass is 9.94. The molecule has 0 aromatic heterocycles. The Morgan fingerprint density at radius 1 is 1.30 bits per heavy atom. The first-order valence-electron chi connectivity index (χ1n) is 8.31. The third-order valence-electron chi connectivity index (χ3n) is 3.95. The third kappa shape index (κ3) is 5.57. The molecule has 2 rings (SSSR count). The Bertz CT molecular complexity index is 481. The third-order valence-corrected chi connectivity index (χ3v) is 3.95. The Labute approximate surface area is 137 Å². The van der Waals surface area contributed by atoms with E-state index in [-0.39, 0.29) is 23.7 Å². The van der Waals surface area contributed by atoms with Gasteiger partial charge in [0.25, 0.3) is 0 Å². The first-order chi connectivity index (χ1) is 11.2. The summed E-state index contributed by atoms with van der Waals surface area (Å²) in [5.74, 6) is -0.476. The van der Waals surface area contributed by atoms with Crippen LogP contribution in [-0.4, -0.2) is 32.2 Å². The molecule has 1 aromatic carbocycles. The molecule has 0 radical (unpaired) electrons. The molecule has 0 spiro atoms. The van der Waals surface area contributed by atoms with Crippen LogP contribution in [0.15, 0.2) is 24.3 Å². The smallest absolute Gasteiger partial charge is 0.226 e. The lowest BCUT2D eigenvalue weighted by Gasteiger charge is -2.18. The van der Waals surface area contributed by atoms with Crippen molar-refractivity contribution in [3.8, 4) is 0 Å². The summed E-state index contributed by atoms with van der Waals surface area (Å²) in [6.07, 6.45) is 3.01. The molecule has 1 heterocycles. The Kier molecular flexibility index (Phi) is 7.45. The van der Waals surface area contributed by atoms with Crippen LogP contribution in [0.5, 0.6) is 0 Å². The van der Waals surface area contributed by atoms with Gasteiger partial charge in [-0.1, -0.05) is 25.5 Å². The van der Waals surface area contributed by atoms with E-state index in [1.807, 2.05) is 0 Å². The maximum Gasteiger partial charge on any atom is 0.226 e. The summed E-state index contributed by atoms with van der Waals surface area (Å²) in [5.41, 5.74) is 7.00. The van der Waals surface area contributed by atoms with Gasteiger partial charge in [0.2, 0.25) is 5.91 Å². The molecule has 1 aromatic rings. The second-order valence-electron chi connectivity index (χ2n) is 5.77.